The van der Waals surface area contributed by atoms with Gasteiger partial charge in [-0.2, -0.15) is 0 Å². The average molecular weight is 326 g/mol. The monoisotopic (exact) mass is 326 g/mol. The van der Waals surface area contributed by atoms with Crippen LogP contribution in [0.4, 0.5) is 0 Å². The largest absolute Gasteiger partial charge is 0.449 e. The van der Waals surface area contributed by atoms with Gasteiger partial charge < -0.3 is 10.1 Å². The molecule has 2 N–H and O–H groups in total. The number of carbonyl (C=O) groups is 2. The van der Waals surface area contributed by atoms with Crippen LogP contribution in [0.2, 0.25) is 0 Å². The van der Waals surface area contributed by atoms with Crippen LogP contribution in [0, 0.1) is 0 Å². The molecule has 1 rings (SSSR count). The van der Waals surface area contributed by atoms with E-state index in [9.17, 15) is 18.0 Å². The third-order valence-corrected chi connectivity index (χ3v) is 4.17. The van der Waals surface area contributed by atoms with Crippen molar-refractivity contribution in [2.75, 3.05) is 13.6 Å². The van der Waals surface area contributed by atoms with E-state index in [1.165, 1.54) is 44.3 Å². The van der Waals surface area contributed by atoms with Gasteiger partial charge in [-0.05, 0) is 38.2 Å². The number of esters is 1. The van der Waals surface area contributed by atoms with Crippen LogP contribution in [0.1, 0.15) is 17.3 Å². The minimum absolute atomic E-state index is 0.0309. The highest BCUT2D eigenvalue weighted by atomic mass is 32.2. The molecule has 120 valence electrons. The van der Waals surface area contributed by atoms with Gasteiger partial charge in [0, 0.05) is 6.54 Å². The zero-order valence-electron chi connectivity index (χ0n) is 12.3. The number of benzene rings is 1. The summed E-state index contributed by atoms with van der Waals surface area (Å²) in [5, 5.41) is 2.50. The first kappa shape index (κ1) is 17.9. The van der Waals surface area contributed by atoms with E-state index < -0.39 is 28.0 Å². The van der Waals surface area contributed by atoms with Gasteiger partial charge in [-0.15, -0.1) is 6.58 Å². The molecule has 0 heterocycles. The van der Waals surface area contributed by atoms with Crippen molar-refractivity contribution in [2.45, 2.75) is 17.9 Å². The van der Waals surface area contributed by atoms with Crippen molar-refractivity contribution >= 4 is 21.9 Å². The highest BCUT2D eigenvalue weighted by Gasteiger charge is 2.19. The summed E-state index contributed by atoms with van der Waals surface area (Å²) >= 11 is 0. The molecule has 0 radical (unpaired) electrons. The van der Waals surface area contributed by atoms with Crippen molar-refractivity contribution < 1.29 is 22.7 Å². The maximum Gasteiger partial charge on any atom is 0.338 e. The van der Waals surface area contributed by atoms with E-state index in [-0.39, 0.29) is 17.0 Å². The molecule has 0 saturated carbocycles. The summed E-state index contributed by atoms with van der Waals surface area (Å²) in [4.78, 5) is 23.5. The lowest BCUT2D eigenvalue weighted by molar-refractivity contribution is -0.128. The lowest BCUT2D eigenvalue weighted by Gasteiger charge is -2.12. The molecule has 1 unspecified atom stereocenters. The second-order valence-corrected chi connectivity index (χ2v) is 6.20. The van der Waals surface area contributed by atoms with Gasteiger partial charge >= 0.3 is 5.97 Å². The molecule has 1 aromatic rings. The van der Waals surface area contributed by atoms with Gasteiger partial charge in [-0.3, -0.25) is 4.79 Å². The highest BCUT2D eigenvalue weighted by Crippen LogP contribution is 2.11. The normalized spacial score (nSPS) is 12.3. The number of sulfonamides is 1. The quantitative estimate of drug-likeness (QED) is 0.559. The Hall–Kier alpha value is -2.19. The Morgan fingerprint density at radius 3 is 2.41 bits per heavy atom. The predicted molar refractivity (Wildman–Crippen MR) is 80.8 cm³/mol. The molecule has 0 spiro atoms. The van der Waals surface area contributed by atoms with Gasteiger partial charge in [0.1, 0.15) is 0 Å². The fraction of sp³-hybridized carbons (Fsp3) is 0.286. The molecule has 0 aliphatic heterocycles. The Morgan fingerprint density at radius 2 is 1.91 bits per heavy atom. The molecule has 0 aromatic heterocycles. The second kappa shape index (κ2) is 7.71. The van der Waals surface area contributed by atoms with Gasteiger partial charge in [-0.1, -0.05) is 6.08 Å². The standard InChI is InChI=1S/C14H18N2O5S/c1-4-9-16-13(17)10(2)21-14(18)11-5-7-12(8-6-11)22(19,20)15-3/h4-8,10,15H,1,9H2,2-3H3,(H,16,17). The SMILES string of the molecule is C=CCNC(=O)C(C)OC(=O)c1ccc(S(=O)(=O)NC)cc1. The molecule has 1 aromatic carbocycles. The van der Waals surface area contributed by atoms with Crippen molar-refractivity contribution in [3.63, 3.8) is 0 Å². The molecule has 22 heavy (non-hydrogen) atoms. The molecule has 0 aliphatic rings. The Balaban J connectivity index is 2.74. The minimum Gasteiger partial charge on any atom is -0.449 e. The summed E-state index contributed by atoms with van der Waals surface area (Å²) in [5.41, 5.74) is 0.151. The van der Waals surface area contributed by atoms with Crippen LogP contribution in [-0.2, 0) is 19.6 Å². The molecule has 8 heteroatoms. The molecule has 0 fully saturated rings. The van der Waals surface area contributed by atoms with Crippen molar-refractivity contribution in [3.05, 3.63) is 42.5 Å². The number of nitrogens with one attached hydrogen (secondary N) is 2. The van der Waals surface area contributed by atoms with E-state index in [1.807, 2.05) is 0 Å². The van der Waals surface area contributed by atoms with E-state index in [0.717, 1.165) is 0 Å². The number of carbonyl (C=O) groups excluding carboxylic acids is 2. The van der Waals surface area contributed by atoms with Crippen LogP contribution in [0.15, 0.2) is 41.8 Å². The third-order valence-electron chi connectivity index (χ3n) is 2.74. The van der Waals surface area contributed by atoms with Crippen LogP contribution in [0.5, 0.6) is 0 Å². The molecular formula is C14H18N2O5S. The Kier molecular flexibility index (Phi) is 6.26. The van der Waals surface area contributed by atoms with Crippen molar-refractivity contribution in [3.8, 4) is 0 Å². The first-order valence-electron chi connectivity index (χ1n) is 6.45. The van der Waals surface area contributed by atoms with Gasteiger partial charge in [0.25, 0.3) is 5.91 Å². The number of hydrogen-bond donors (Lipinski definition) is 2. The van der Waals surface area contributed by atoms with Crippen molar-refractivity contribution in [1.82, 2.24) is 10.0 Å². The summed E-state index contributed by atoms with van der Waals surface area (Å²) in [7, 11) is -2.27. The van der Waals surface area contributed by atoms with E-state index in [4.69, 9.17) is 4.74 Å². The average Bonchev–Trinajstić information content (AvgIpc) is 2.52. The molecule has 1 atom stereocenters. The van der Waals surface area contributed by atoms with E-state index in [0.29, 0.717) is 0 Å². The fourth-order valence-corrected chi connectivity index (χ4v) is 2.22. The van der Waals surface area contributed by atoms with Crippen LogP contribution in [0.3, 0.4) is 0 Å². The zero-order valence-corrected chi connectivity index (χ0v) is 13.1. The fourth-order valence-electron chi connectivity index (χ4n) is 1.49. The lowest BCUT2D eigenvalue weighted by atomic mass is 10.2. The zero-order chi connectivity index (χ0) is 16.8. The topological polar surface area (TPSA) is 102 Å². The summed E-state index contributed by atoms with van der Waals surface area (Å²) in [6.45, 7) is 5.17. The van der Waals surface area contributed by atoms with Gasteiger partial charge in [0.15, 0.2) is 6.10 Å². The summed E-state index contributed by atoms with van der Waals surface area (Å²) in [5.74, 6) is -1.16. The minimum atomic E-state index is -3.56. The molecule has 0 saturated heterocycles. The first-order valence-corrected chi connectivity index (χ1v) is 7.93. The first-order chi connectivity index (χ1) is 10.3. The summed E-state index contributed by atoms with van der Waals surface area (Å²) < 4.78 is 30.3. The van der Waals surface area contributed by atoms with Crippen LogP contribution in [-0.4, -0.2) is 40.0 Å². The lowest BCUT2D eigenvalue weighted by Crippen LogP contribution is -2.35. The highest BCUT2D eigenvalue weighted by molar-refractivity contribution is 7.89. The third kappa shape index (κ3) is 4.68. The maximum atomic E-state index is 11.9. The van der Waals surface area contributed by atoms with Crippen LogP contribution < -0.4 is 10.0 Å². The number of rotatable bonds is 7. The van der Waals surface area contributed by atoms with Gasteiger partial charge in [0.05, 0.1) is 10.5 Å². The Bertz CT molecular complexity index is 652. The second-order valence-electron chi connectivity index (χ2n) is 4.31. The number of amides is 1. The summed E-state index contributed by atoms with van der Waals surface area (Å²) in [6.07, 6.45) is 0.543. The van der Waals surface area contributed by atoms with E-state index in [2.05, 4.69) is 16.6 Å². The summed E-state index contributed by atoms with van der Waals surface area (Å²) in [6, 6.07) is 5.21. The maximum absolute atomic E-state index is 11.9. The number of hydrogen-bond acceptors (Lipinski definition) is 5. The molecule has 0 aliphatic carbocycles. The molecule has 1 amide bonds. The smallest absolute Gasteiger partial charge is 0.338 e. The predicted octanol–water partition coefficient (Wildman–Crippen LogP) is 0.442. The van der Waals surface area contributed by atoms with Crippen LogP contribution in [0.25, 0.3) is 0 Å². The van der Waals surface area contributed by atoms with Gasteiger partial charge in [-0.25, -0.2) is 17.9 Å². The van der Waals surface area contributed by atoms with Gasteiger partial charge in [0.2, 0.25) is 10.0 Å². The molecular weight excluding hydrogens is 308 g/mol. The van der Waals surface area contributed by atoms with Crippen molar-refractivity contribution in [2.24, 2.45) is 0 Å². The van der Waals surface area contributed by atoms with Crippen LogP contribution >= 0.6 is 0 Å². The number of ether oxygens (including phenoxy) is 1. The Morgan fingerprint density at radius 1 is 1.32 bits per heavy atom. The van der Waals surface area contributed by atoms with Crippen molar-refractivity contribution in [1.29, 1.82) is 0 Å². The van der Waals surface area contributed by atoms with E-state index in [1.54, 1.807) is 0 Å². The van der Waals surface area contributed by atoms with E-state index >= 15 is 0 Å². The molecule has 0 bridgehead atoms. The Labute approximate surface area is 129 Å². The molecule has 7 nitrogen and oxygen atoms in total.